The Morgan fingerprint density at radius 3 is 2.89 bits per heavy atom. The summed E-state index contributed by atoms with van der Waals surface area (Å²) in [5.74, 6) is 0.281. The molecule has 12 nitrogen and oxygen atoms in total. The summed E-state index contributed by atoms with van der Waals surface area (Å²) < 4.78 is 18.5. The fourth-order valence-electron chi connectivity index (χ4n) is 4.02. The van der Waals surface area contributed by atoms with E-state index in [1.54, 1.807) is 11.7 Å². The monoisotopic (exact) mass is 485 g/mol. The average Bonchev–Trinajstić information content (AvgIpc) is 3.44. The molecule has 0 unspecified atom stereocenters. The Kier molecular flexibility index (Phi) is 7.59. The van der Waals surface area contributed by atoms with Crippen LogP contribution in [0.4, 0.5) is 5.95 Å². The molecule has 188 valence electrons. The number of pyridine rings is 1. The van der Waals surface area contributed by atoms with Crippen molar-refractivity contribution in [3.05, 3.63) is 29.4 Å². The quantitative estimate of drug-likeness (QED) is 0.436. The van der Waals surface area contributed by atoms with Gasteiger partial charge in [0.1, 0.15) is 18.1 Å². The number of carbonyl (C=O) groups is 1. The molecule has 2 N–H and O–H groups in total. The van der Waals surface area contributed by atoms with Crippen LogP contribution in [0.3, 0.4) is 0 Å². The highest BCUT2D eigenvalue weighted by atomic mass is 16.5. The summed E-state index contributed by atoms with van der Waals surface area (Å²) in [6.07, 6.45) is 2.84. The third-order valence-electron chi connectivity index (χ3n) is 5.91. The van der Waals surface area contributed by atoms with Crippen LogP contribution in [-0.4, -0.2) is 53.4 Å². The van der Waals surface area contributed by atoms with Crippen LogP contribution in [0.25, 0.3) is 11.4 Å². The van der Waals surface area contributed by atoms with Gasteiger partial charge in [-0.2, -0.15) is 4.98 Å². The van der Waals surface area contributed by atoms with Gasteiger partial charge in [-0.05, 0) is 63.7 Å². The lowest BCUT2D eigenvalue weighted by molar-refractivity contribution is -0.143. The van der Waals surface area contributed by atoms with E-state index in [0.717, 1.165) is 18.5 Å². The highest BCUT2D eigenvalue weighted by molar-refractivity contribution is 5.70. The van der Waals surface area contributed by atoms with Crippen molar-refractivity contribution < 1.29 is 23.9 Å². The van der Waals surface area contributed by atoms with Crippen molar-refractivity contribution >= 4 is 11.9 Å². The molecule has 1 aliphatic rings. The molecule has 0 aromatic carbocycles. The summed E-state index contributed by atoms with van der Waals surface area (Å²) in [5, 5.41) is 24.8. The van der Waals surface area contributed by atoms with E-state index < -0.39 is 5.97 Å². The lowest BCUT2D eigenvalue weighted by atomic mass is 9.87. The zero-order chi connectivity index (χ0) is 24.9. The van der Waals surface area contributed by atoms with Crippen LogP contribution in [0.1, 0.15) is 56.8 Å². The minimum atomic E-state index is -0.756. The molecule has 0 spiro atoms. The summed E-state index contributed by atoms with van der Waals surface area (Å²) in [6, 6.07) is 3.69. The number of ether oxygens (including phenoxy) is 2. The normalized spacial score (nSPS) is 18.1. The molecule has 12 heteroatoms. The van der Waals surface area contributed by atoms with E-state index in [2.05, 4.69) is 30.8 Å². The Morgan fingerprint density at radius 2 is 2.14 bits per heavy atom. The van der Waals surface area contributed by atoms with E-state index >= 15 is 0 Å². The van der Waals surface area contributed by atoms with Crippen molar-refractivity contribution in [3.63, 3.8) is 0 Å². The second-order valence-corrected chi connectivity index (χ2v) is 8.96. The fraction of sp³-hybridized carbons (Fsp3) is 0.565. The fourth-order valence-corrected chi connectivity index (χ4v) is 4.02. The number of aliphatic carboxylic acids is 1. The van der Waals surface area contributed by atoms with Crippen molar-refractivity contribution in [1.82, 2.24) is 30.1 Å². The van der Waals surface area contributed by atoms with Crippen molar-refractivity contribution in [2.24, 2.45) is 13.0 Å². The molecule has 35 heavy (non-hydrogen) atoms. The van der Waals surface area contributed by atoms with Crippen LogP contribution in [0.15, 0.2) is 16.7 Å². The molecular formula is C23H31N7O5. The number of nitrogens with zero attached hydrogens (tertiary/aromatic N) is 6. The van der Waals surface area contributed by atoms with E-state index in [9.17, 15) is 9.90 Å². The van der Waals surface area contributed by atoms with E-state index in [-0.39, 0.29) is 24.7 Å². The van der Waals surface area contributed by atoms with Gasteiger partial charge in [0.05, 0.1) is 41.8 Å². The minimum absolute atomic E-state index is 0.0680. The molecular weight excluding hydrogens is 454 g/mol. The molecule has 1 saturated carbocycles. The van der Waals surface area contributed by atoms with Gasteiger partial charge in [-0.1, -0.05) is 5.21 Å². The number of carboxylic acids is 1. The summed E-state index contributed by atoms with van der Waals surface area (Å²) in [5.41, 5.74) is 2.79. The van der Waals surface area contributed by atoms with Gasteiger partial charge in [0.15, 0.2) is 0 Å². The van der Waals surface area contributed by atoms with E-state index in [0.29, 0.717) is 54.1 Å². The second-order valence-electron chi connectivity index (χ2n) is 8.96. The number of carboxylic acid groups (broad SMARTS) is 1. The number of rotatable bonds is 10. The smallest absolute Gasteiger partial charge is 0.306 e. The van der Waals surface area contributed by atoms with Gasteiger partial charge in [0.25, 0.3) is 11.8 Å². The van der Waals surface area contributed by atoms with Crippen molar-refractivity contribution in [1.29, 1.82) is 0 Å². The van der Waals surface area contributed by atoms with Gasteiger partial charge >= 0.3 is 5.97 Å². The predicted octanol–water partition coefficient (Wildman–Crippen LogP) is 3.13. The Balaban J connectivity index is 1.42. The lowest BCUT2D eigenvalue weighted by Gasteiger charge is -2.27. The predicted molar refractivity (Wildman–Crippen MR) is 125 cm³/mol. The SMILES string of the molecule is Cc1nc(-c2nnn(C)c2CNc2noc(COC(C)C)n2)ccc1O[C@H]1CCC[C@H](C(=O)O)C1. The zero-order valence-electron chi connectivity index (χ0n) is 20.4. The maximum atomic E-state index is 11.3. The first-order valence-corrected chi connectivity index (χ1v) is 11.7. The Morgan fingerprint density at radius 1 is 1.31 bits per heavy atom. The van der Waals surface area contributed by atoms with Crippen LogP contribution in [0.5, 0.6) is 5.75 Å². The minimum Gasteiger partial charge on any atom is -0.489 e. The maximum absolute atomic E-state index is 11.3. The Labute approximate surface area is 203 Å². The van der Waals surface area contributed by atoms with Gasteiger partial charge in [0.2, 0.25) is 0 Å². The first-order valence-electron chi connectivity index (χ1n) is 11.7. The van der Waals surface area contributed by atoms with Crippen molar-refractivity contribution in [2.75, 3.05) is 5.32 Å². The molecule has 1 aliphatic carbocycles. The lowest BCUT2D eigenvalue weighted by Crippen LogP contribution is -2.29. The topological polar surface area (TPSA) is 150 Å². The van der Waals surface area contributed by atoms with Gasteiger partial charge < -0.3 is 24.4 Å². The van der Waals surface area contributed by atoms with Gasteiger partial charge in [-0.3, -0.25) is 4.79 Å². The molecule has 2 atom stereocenters. The van der Waals surface area contributed by atoms with Gasteiger partial charge in [-0.15, -0.1) is 5.10 Å². The van der Waals surface area contributed by atoms with Crippen molar-refractivity contribution in [3.8, 4) is 17.1 Å². The highest BCUT2D eigenvalue weighted by Crippen LogP contribution is 2.30. The van der Waals surface area contributed by atoms with Gasteiger partial charge in [-0.25, -0.2) is 9.67 Å². The molecule has 0 aliphatic heterocycles. The average molecular weight is 486 g/mol. The Bertz CT molecular complexity index is 1160. The zero-order valence-corrected chi connectivity index (χ0v) is 20.4. The molecule has 3 heterocycles. The molecule has 4 rings (SSSR count). The van der Waals surface area contributed by atoms with Crippen molar-refractivity contribution in [2.45, 2.75) is 71.8 Å². The van der Waals surface area contributed by atoms with E-state index in [4.69, 9.17) is 14.0 Å². The number of nitrogens with one attached hydrogen (secondary N) is 1. The summed E-state index contributed by atoms with van der Waals surface area (Å²) in [7, 11) is 1.80. The molecule has 0 saturated heterocycles. The first-order chi connectivity index (χ1) is 16.8. The molecule has 0 bridgehead atoms. The third-order valence-corrected chi connectivity index (χ3v) is 5.91. The van der Waals surface area contributed by atoms with Crippen LogP contribution in [-0.2, 0) is 29.7 Å². The van der Waals surface area contributed by atoms with Crippen LogP contribution >= 0.6 is 0 Å². The Hall–Kier alpha value is -3.54. The second kappa shape index (κ2) is 10.8. The van der Waals surface area contributed by atoms with E-state index in [1.165, 1.54) is 0 Å². The first kappa shape index (κ1) is 24.6. The molecule has 0 amide bonds. The largest absolute Gasteiger partial charge is 0.489 e. The number of anilines is 1. The molecule has 0 radical (unpaired) electrons. The van der Waals surface area contributed by atoms with Crippen LogP contribution in [0.2, 0.25) is 0 Å². The number of hydrogen-bond acceptors (Lipinski definition) is 10. The summed E-state index contributed by atoms with van der Waals surface area (Å²) >= 11 is 0. The number of aromatic nitrogens is 6. The standard InChI is InChI=1S/C23H31N7O5/c1-13(2)33-12-20-26-23(28-35-20)24-11-18-21(27-29-30(18)4)17-8-9-19(14(3)25-17)34-16-7-5-6-15(10-16)22(31)32/h8-9,13,15-16H,5-7,10-12H2,1-4H3,(H,24,28)(H,31,32)/t15-,16-/m0/s1. The highest BCUT2D eigenvalue weighted by Gasteiger charge is 2.28. The molecule has 3 aromatic heterocycles. The summed E-state index contributed by atoms with van der Waals surface area (Å²) in [6.45, 7) is 6.35. The van der Waals surface area contributed by atoms with Crippen LogP contribution < -0.4 is 10.1 Å². The third kappa shape index (κ3) is 6.13. The molecule has 1 fully saturated rings. The van der Waals surface area contributed by atoms with Gasteiger partial charge in [0, 0.05) is 7.05 Å². The van der Waals surface area contributed by atoms with Crippen LogP contribution in [0, 0.1) is 12.8 Å². The number of aryl methyl sites for hydroxylation is 2. The molecule has 3 aromatic rings. The number of hydrogen-bond donors (Lipinski definition) is 2. The van der Waals surface area contributed by atoms with E-state index in [1.807, 2.05) is 32.9 Å². The summed E-state index contributed by atoms with van der Waals surface area (Å²) in [4.78, 5) is 20.3. The maximum Gasteiger partial charge on any atom is 0.306 e.